The van der Waals surface area contributed by atoms with Crippen molar-refractivity contribution in [3.63, 3.8) is 0 Å². The summed E-state index contributed by atoms with van der Waals surface area (Å²) in [6.07, 6.45) is 10.6. The number of benzene rings is 2. The molecule has 6 nitrogen and oxygen atoms in total. The standard InChI is InChI=1S/C17H21NO.C15H27NO2.C11H14.C3H8.C2H5N.2C2H6/c1-13(14-6-8-18(12-19)9-7-14)17-10-15-4-2-3-5-16(15)11-17;1-8-11(17)12-14(4,5)9-15(6,7)16(12)13(18)10(2)3;1-8-7-10-5-3-4-6-11(10)9(8)2;1-3-2;1-2-3;2*1-2/h2-5,12,14,17H,1,6-11H2;10,12H,8-9H2,1-7H3;3-6,8-9H,7H2,1-2H3;3H2,1-2H3;2H,1,3H2;2*1-2H3/t;;8-,9-;;;;/m..1..../s1. The highest BCUT2D eigenvalue weighted by atomic mass is 16.2. The fourth-order valence-corrected chi connectivity index (χ4v) is 9.00. The number of hydrogen-bond donors (Lipinski definition) is 1. The van der Waals surface area contributed by atoms with Crippen LogP contribution < -0.4 is 5.73 Å². The summed E-state index contributed by atoms with van der Waals surface area (Å²) in [6.45, 7) is 40.2. The van der Waals surface area contributed by atoms with Gasteiger partial charge in [0.2, 0.25) is 12.3 Å². The Kier molecular flexibility index (Phi) is 25.4. The van der Waals surface area contributed by atoms with Crippen molar-refractivity contribution in [2.75, 3.05) is 13.1 Å². The Morgan fingerprint density at radius 2 is 1.28 bits per heavy atom. The lowest BCUT2D eigenvalue weighted by Gasteiger charge is -2.37. The summed E-state index contributed by atoms with van der Waals surface area (Å²) >= 11 is 0. The largest absolute Gasteiger partial charge is 0.405 e. The first kappa shape index (κ1) is 54.3. The summed E-state index contributed by atoms with van der Waals surface area (Å²) in [5.74, 6) is 3.04. The lowest BCUT2D eigenvalue weighted by molar-refractivity contribution is -0.146. The van der Waals surface area contributed by atoms with Crippen LogP contribution in [0.25, 0.3) is 0 Å². The van der Waals surface area contributed by atoms with Gasteiger partial charge in [0.25, 0.3) is 0 Å². The van der Waals surface area contributed by atoms with E-state index in [1.165, 1.54) is 35.7 Å². The Labute approximate surface area is 357 Å². The minimum atomic E-state index is -0.271. The molecule has 2 fully saturated rings. The normalized spacial score (nSPS) is 20.7. The van der Waals surface area contributed by atoms with E-state index in [2.05, 4.69) is 123 Å². The third-order valence-corrected chi connectivity index (χ3v) is 11.6. The molecule has 6 rings (SSSR count). The van der Waals surface area contributed by atoms with E-state index in [0.717, 1.165) is 63.4 Å². The fraction of sp³-hybridized carbons (Fsp3) is 0.635. The molecule has 0 bridgehead atoms. The van der Waals surface area contributed by atoms with Gasteiger partial charge in [0.15, 0.2) is 5.78 Å². The zero-order chi connectivity index (χ0) is 44.8. The third-order valence-electron chi connectivity index (χ3n) is 11.6. The average molecular weight is 802 g/mol. The summed E-state index contributed by atoms with van der Waals surface area (Å²) in [7, 11) is 0. The quantitative estimate of drug-likeness (QED) is 0.233. The van der Waals surface area contributed by atoms with Crippen LogP contribution in [0.1, 0.15) is 164 Å². The predicted molar refractivity (Wildman–Crippen MR) is 251 cm³/mol. The van der Waals surface area contributed by atoms with Gasteiger partial charge in [-0.05, 0) is 110 Å². The SMILES string of the molecule is C=C(C1CCN(C=O)CC1)C1Cc2ccccc2C1.C=CN.CC.CC.CCC.CCC(=O)C1N(C(=O)C(C)C)C(C)(C)CC1(C)C.C[C@@H]1Cc2ccccc2[C@@H]1C. The number of ketones is 1. The molecule has 2 heterocycles. The number of allylic oxidation sites excluding steroid dienone is 1. The van der Waals surface area contributed by atoms with E-state index in [4.69, 9.17) is 0 Å². The van der Waals surface area contributed by atoms with Gasteiger partial charge in [-0.2, -0.15) is 0 Å². The number of carbonyl (C=O) groups excluding carboxylic acids is 3. The lowest BCUT2D eigenvalue weighted by Crippen LogP contribution is -2.53. The molecule has 2 aliphatic carbocycles. The van der Waals surface area contributed by atoms with Crippen LogP contribution in [0.4, 0.5) is 0 Å². The number of rotatable bonds is 6. The van der Waals surface area contributed by atoms with E-state index < -0.39 is 0 Å². The minimum absolute atomic E-state index is 0.0645. The van der Waals surface area contributed by atoms with Gasteiger partial charge in [0, 0.05) is 31.0 Å². The molecular formula is C52H87N3O3. The Morgan fingerprint density at radius 1 is 0.828 bits per heavy atom. The zero-order valence-electron chi connectivity index (χ0n) is 39.9. The van der Waals surface area contributed by atoms with Gasteiger partial charge in [0.05, 0.1) is 6.04 Å². The van der Waals surface area contributed by atoms with Crippen LogP contribution in [0.2, 0.25) is 0 Å². The van der Waals surface area contributed by atoms with E-state index in [-0.39, 0.29) is 34.6 Å². The molecule has 2 saturated heterocycles. The molecule has 3 atom stereocenters. The Morgan fingerprint density at radius 3 is 1.69 bits per heavy atom. The molecule has 2 aromatic carbocycles. The summed E-state index contributed by atoms with van der Waals surface area (Å²) < 4.78 is 0. The molecular weight excluding hydrogens is 715 g/mol. The predicted octanol–water partition coefficient (Wildman–Crippen LogP) is 12.4. The van der Waals surface area contributed by atoms with Crippen molar-refractivity contribution in [2.45, 2.75) is 173 Å². The topological polar surface area (TPSA) is 83.7 Å². The number of Topliss-reactive ketones (excluding diaryl/α,β-unsaturated/α-hetero) is 1. The Hall–Kier alpha value is -3.67. The second-order valence-electron chi connectivity index (χ2n) is 17.5. The van der Waals surface area contributed by atoms with Crippen molar-refractivity contribution in [1.82, 2.24) is 9.80 Å². The number of likely N-dealkylation sites (tertiary alicyclic amines) is 2. The molecule has 0 aromatic heterocycles. The van der Waals surface area contributed by atoms with E-state index in [9.17, 15) is 14.4 Å². The minimum Gasteiger partial charge on any atom is -0.405 e. The molecule has 0 saturated carbocycles. The number of nitrogens with zero attached hydrogens (tertiary/aromatic N) is 2. The van der Waals surface area contributed by atoms with Crippen LogP contribution in [-0.2, 0) is 33.6 Å². The van der Waals surface area contributed by atoms with E-state index in [1.54, 1.807) is 11.1 Å². The van der Waals surface area contributed by atoms with Crippen molar-refractivity contribution in [3.05, 3.63) is 95.7 Å². The van der Waals surface area contributed by atoms with Crippen LogP contribution in [-0.4, -0.2) is 52.6 Å². The molecule has 0 spiro atoms. The lowest BCUT2D eigenvalue weighted by atomic mass is 9.79. The maximum Gasteiger partial charge on any atom is 0.226 e. The summed E-state index contributed by atoms with van der Waals surface area (Å²) in [5, 5.41) is 0. The van der Waals surface area contributed by atoms with Crippen LogP contribution in [0.5, 0.6) is 0 Å². The molecule has 6 heteroatoms. The third kappa shape index (κ3) is 15.5. The molecule has 2 aliphatic heterocycles. The highest BCUT2D eigenvalue weighted by Crippen LogP contribution is 2.47. The van der Waals surface area contributed by atoms with Gasteiger partial charge >= 0.3 is 0 Å². The molecule has 58 heavy (non-hydrogen) atoms. The van der Waals surface area contributed by atoms with Gasteiger partial charge in [-0.25, -0.2) is 0 Å². The smallest absolute Gasteiger partial charge is 0.226 e. The van der Waals surface area contributed by atoms with Gasteiger partial charge in [-0.15, -0.1) is 0 Å². The maximum atomic E-state index is 12.5. The molecule has 2 amide bonds. The molecule has 2 aromatic rings. The summed E-state index contributed by atoms with van der Waals surface area (Å²) in [4.78, 5) is 39.2. The van der Waals surface area contributed by atoms with Gasteiger partial charge in [-0.3, -0.25) is 14.4 Å². The van der Waals surface area contributed by atoms with Crippen LogP contribution >= 0.6 is 0 Å². The second-order valence-corrected chi connectivity index (χ2v) is 17.5. The molecule has 0 radical (unpaired) electrons. The van der Waals surface area contributed by atoms with E-state index in [1.807, 2.05) is 58.3 Å². The Balaban J connectivity index is 0.000000771. The fourth-order valence-electron chi connectivity index (χ4n) is 9.00. The Bertz CT molecular complexity index is 1490. The van der Waals surface area contributed by atoms with Crippen molar-refractivity contribution in [1.29, 1.82) is 0 Å². The van der Waals surface area contributed by atoms with Crippen molar-refractivity contribution >= 4 is 18.1 Å². The molecule has 4 aliphatic rings. The number of fused-ring (bicyclic) bond motifs is 2. The first-order valence-electron chi connectivity index (χ1n) is 22.6. The maximum absolute atomic E-state index is 12.5. The molecule has 1 unspecified atom stereocenters. The zero-order valence-corrected chi connectivity index (χ0v) is 39.9. The summed E-state index contributed by atoms with van der Waals surface area (Å²) in [5.41, 5.74) is 11.8. The van der Waals surface area contributed by atoms with E-state index >= 15 is 0 Å². The summed E-state index contributed by atoms with van der Waals surface area (Å²) in [6, 6.07) is 17.3. The first-order chi connectivity index (χ1) is 27.4. The van der Waals surface area contributed by atoms with Gasteiger partial charge in [0.1, 0.15) is 0 Å². The number of piperidine rings is 1. The number of nitrogens with two attached hydrogens (primary N) is 1. The van der Waals surface area contributed by atoms with Crippen LogP contribution in [0.15, 0.2) is 73.5 Å². The van der Waals surface area contributed by atoms with Crippen LogP contribution in [0.3, 0.4) is 0 Å². The first-order valence-corrected chi connectivity index (χ1v) is 22.6. The highest BCUT2D eigenvalue weighted by molar-refractivity contribution is 5.91. The monoisotopic (exact) mass is 802 g/mol. The number of hydrogen-bond acceptors (Lipinski definition) is 4. The number of amides is 2. The van der Waals surface area contributed by atoms with Crippen molar-refractivity contribution in [2.24, 2.45) is 34.8 Å². The van der Waals surface area contributed by atoms with Crippen molar-refractivity contribution in [3.8, 4) is 0 Å². The average Bonchev–Trinajstić information content (AvgIpc) is 3.84. The molecule has 2 N–H and O–H groups in total. The van der Waals surface area contributed by atoms with Crippen molar-refractivity contribution < 1.29 is 14.4 Å². The van der Waals surface area contributed by atoms with E-state index in [0.29, 0.717) is 18.3 Å². The number of carbonyl (C=O) groups is 3. The van der Waals surface area contributed by atoms with Gasteiger partial charge in [-0.1, -0.05) is 164 Å². The molecule has 328 valence electrons. The second kappa shape index (κ2) is 27.2. The highest BCUT2D eigenvalue weighted by Gasteiger charge is 2.55. The van der Waals surface area contributed by atoms with Gasteiger partial charge < -0.3 is 15.5 Å². The van der Waals surface area contributed by atoms with Crippen LogP contribution in [0, 0.1) is 29.1 Å².